The summed E-state index contributed by atoms with van der Waals surface area (Å²) in [6.45, 7) is 3.02. The lowest BCUT2D eigenvalue weighted by molar-refractivity contribution is 0.0689. The third-order valence-electron chi connectivity index (χ3n) is 1.67. The van der Waals surface area contributed by atoms with Gasteiger partial charge in [-0.3, -0.25) is 4.84 Å². The van der Waals surface area contributed by atoms with E-state index in [1.54, 1.807) is 6.92 Å². The van der Waals surface area contributed by atoms with Gasteiger partial charge in [0.2, 0.25) is 5.69 Å². The van der Waals surface area contributed by atoms with Gasteiger partial charge in [0.05, 0.1) is 5.70 Å². The molecule has 2 heterocycles. The van der Waals surface area contributed by atoms with E-state index in [0.717, 1.165) is 6.39 Å². The van der Waals surface area contributed by atoms with Gasteiger partial charge >= 0.3 is 5.97 Å². The van der Waals surface area contributed by atoms with Crippen LogP contribution in [-0.4, -0.2) is 16.1 Å². The number of hydroxylamine groups is 1. The fraction of sp³-hybridized carbons (Fsp3) is 0.125. The number of oxazole rings is 1. The molecule has 2 rings (SSSR count). The van der Waals surface area contributed by atoms with Crippen LogP contribution in [0.5, 0.6) is 0 Å². The Morgan fingerprint density at radius 1 is 1.71 bits per heavy atom. The highest BCUT2D eigenvalue weighted by Gasteiger charge is 2.26. The highest BCUT2D eigenvalue weighted by molar-refractivity contribution is 5.90. The van der Waals surface area contributed by atoms with Crippen LogP contribution >= 0.6 is 0 Å². The molecule has 72 valence electrons. The van der Waals surface area contributed by atoms with Crippen molar-refractivity contribution >= 4 is 11.9 Å². The third kappa shape index (κ3) is 1.25. The summed E-state index contributed by atoms with van der Waals surface area (Å²) in [6.07, 6.45) is 3.79. The van der Waals surface area contributed by atoms with E-state index in [4.69, 9.17) is 14.4 Å². The van der Waals surface area contributed by atoms with Crippen LogP contribution in [-0.2, 0) is 4.84 Å². The number of aromatic carboxylic acids is 1. The van der Waals surface area contributed by atoms with Gasteiger partial charge in [-0.1, -0.05) is 0 Å². The van der Waals surface area contributed by atoms with Crippen molar-refractivity contribution in [3.8, 4) is 0 Å². The Balaban J connectivity index is 2.37. The van der Waals surface area contributed by atoms with E-state index >= 15 is 0 Å². The van der Waals surface area contributed by atoms with E-state index < -0.39 is 5.97 Å². The minimum Gasteiger partial charge on any atom is -0.476 e. The minimum absolute atomic E-state index is 0.0382. The van der Waals surface area contributed by atoms with Crippen molar-refractivity contribution in [2.45, 2.75) is 6.92 Å². The minimum atomic E-state index is -1.17. The lowest BCUT2D eigenvalue weighted by Gasteiger charge is -2.14. The van der Waals surface area contributed by atoms with Crippen molar-refractivity contribution in [2.75, 3.05) is 5.06 Å². The molecule has 1 N–H and O–H groups in total. The van der Waals surface area contributed by atoms with Crippen LogP contribution in [0.2, 0.25) is 0 Å². The van der Waals surface area contributed by atoms with Crippen molar-refractivity contribution in [1.29, 1.82) is 0 Å². The molecule has 0 fully saturated rings. The quantitative estimate of drug-likeness (QED) is 0.756. The number of carboxylic acids is 1. The summed E-state index contributed by atoms with van der Waals surface area (Å²) in [4.78, 5) is 19.2. The van der Waals surface area contributed by atoms with Crippen LogP contribution in [0.15, 0.2) is 16.5 Å². The summed E-state index contributed by atoms with van der Waals surface area (Å²) in [6, 6.07) is 0. The van der Waals surface area contributed by atoms with Crippen molar-refractivity contribution in [2.24, 2.45) is 0 Å². The predicted octanol–water partition coefficient (Wildman–Crippen LogP) is 0.993. The van der Waals surface area contributed by atoms with Gasteiger partial charge in [-0.25, -0.2) is 9.78 Å². The van der Waals surface area contributed by atoms with Gasteiger partial charge in [0, 0.05) is 6.08 Å². The van der Waals surface area contributed by atoms with E-state index in [1.165, 1.54) is 11.7 Å². The molecule has 2 radical (unpaired) electrons. The Bertz CT molecular complexity index is 396. The van der Waals surface area contributed by atoms with Gasteiger partial charge in [0.15, 0.2) is 6.39 Å². The first-order valence-corrected chi connectivity index (χ1v) is 3.75. The summed E-state index contributed by atoms with van der Waals surface area (Å²) in [5.74, 6) is -1.13. The Morgan fingerprint density at radius 3 is 3.07 bits per heavy atom. The average Bonchev–Trinajstić information content (AvgIpc) is 2.70. The second-order valence-corrected chi connectivity index (χ2v) is 2.56. The lowest BCUT2D eigenvalue weighted by atomic mass is 10.4. The Kier molecular flexibility index (Phi) is 1.97. The summed E-state index contributed by atoms with van der Waals surface area (Å²) >= 11 is 0. The number of hydrogen-bond acceptors (Lipinski definition) is 5. The first-order chi connectivity index (χ1) is 6.70. The Morgan fingerprint density at radius 2 is 2.50 bits per heavy atom. The van der Waals surface area contributed by atoms with Crippen LogP contribution in [0.25, 0.3) is 0 Å². The molecule has 1 aromatic heterocycles. The molecule has 6 nitrogen and oxygen atoms in total. The number of hydrogen-bond donors (Lipinski definition) is 1. The molecule has 1 aliphatic heterocycles. The van der Waals surface area contributed by atoms with Crippen LogP contribution in [0.3, 0.4) is 0 Å². The summed E-state index contributed by atoms with van der Waals surface area (Å²) in [7, 11) is 0. The maximum absolute atomic E-state index is 10.7. The van der Waals surface area contributed by atoms with Crippen molar-refractivity contribution in [3.63, 3.8) is 0 Å². The monoisotopic (exact) mass is 194 g/mol. The van der Waals surface area contributed by atoms with Crippen molar-refractivity contribution in [1.82, 2.24) is 4.98 Å². The molecule has 6 heteroatoms. The van der Waals surface area contributed by atoms with Crippen LogP contribution in [0.1, 0.15) is 17.4 Å². The number of aromatic nitrogens is 1. The second kappa shape index (κ2) is 3.15. The van der Waals surface area contributed by atoms with Gasteiger partial charge in [0.25, 0.3) is 5.88 Å². The Labute approximate surface area is 79.4 Å². The zero-order valence-corrected chi connectivity index (χ0v) is 7.22. The van der Waals surface area contributed by atoms with Crippen LogP contribution in [0, 0.1) is 12.7 Å². The molecular weight excluding hydrogens is 188 g/mol. The number of rotatable bonds is 2. The third-order valence-corrected chi connectivity index (χ3v) is 1.67. The molecule has 0 unspecified atom stereocenters. The summed E-state index contributed by atoms with van der Waals surface area (Å²) in [5, 5.41) is 9.96. The molecule has 0 saturated carbocycles. The van der Waals surface area contributed by atoms with Crippen molar-refractivity contribution in [3.05, 3.63) is 30.5 Å². The topological polar surface area (TPSA) is 75.8 Å². The fourth-order valence-corrected chi connectivity index (χ4v) is 1.03. The maximum Gasteiger partial charge on any atom is 0.360 e. The summed E-state index contributed by atoms with van der Waals surface area (Å²) in [5.41, 5.74) is 0.408. The number of anilines is 1. The molecule has 0 bridgehead atoms. The molecule has 1 aliphatic rings. The van der Waals surface area contributed by atoms with E-state index in [0.29, 0.717) is 5.70 Å². The molecular formula is C8H6N2O4. The number of carbonyl (C=O) groups is 1. The van der Waals surface area contributed by atoms with E-state index in [9.17, 15) is 4.79 Å². The van der Waals surface area contributed by atoms with Crippen LogP contribution < -0.4 is 5.06 Å². The number of nitrogens with zero attached hydrogens (tertiary/aromatic N) is 2. The Hall–Kier alpha value is -1.82. The highest BCUT2D eigenvalue weighted by Crippen LogP contribution is 2.27. The van der Waals surface area contributed by atoms with Gasteiger partial charge < -0.3 is 9.52 Å². The van der Waals surface area contributed by atoms with E-state index in [1.807, 2.05) is 0 Å². The van der Waals surface area contributed by atoms with Crippen molar-refractivity contribution < 1.29 is 19.2 Å². The fourth-order valence-electron chi connectivity index (χ4n) is 1.03. The largest absolute Gasteiger partial charge is 0.476 e. The second-order valence-electron chi connectivity index (χ2n) is 2.56. The van der Waals surface area contributed by atoms with Crippen LogP contribution in [0.4, 0.5) is 5.88 Å². The first-order valence-electron chi connectivity index (χ1n) is 3.75. The standard InChI is InChI=1S/C8H6N2O4/c1-5-2-3-14-10(5)7-6(8(11)12)9-4-13-7/h3-4H,1H3,(H,11,12). The number of carboxylic acid groups (broad SMARTS) is 1. The molecule has 0 aromatic carbocycles. The summed E-state index contributed by atoms with van der Waals surface area (Å²) < 4.78 is 4.91. The van der Waals surface area contributed by atoms with Gasteiger partial charge in [-0.05, 0) is 6.92 Å². The highest BCUT2D eigenvalue weighted by atomic mass is 16.7. The van der Waals surface area contributed by atoms with Gasteiger partial charge in [-0.2, -0.15) is 5.06 Å². The lowest BCUT2D eigenvalue weighted by Crippen LogP contribution is -2.17. The zero-order chi connectivity index (χ0) is 10.1. The zero-order valence-electron chi connectivity index (χ0n) is 7.22. The van der Waals surface area contributed by atoms with E-state index in [-0.39, 0.29) is 11.6 Å². The maximum atomic E-state index is 10.7. The molecule has 0 spiro atoms. The van der Waals surface area contributed by atoms with Gasteiger partial charge in [0.1, 0.15) is 6.61 Å². The molecule has 0 saturated heterocycles. The molecule has 0 amide bonds. The average molecular weight is 194 g/mol. The number of allylic oxidation sites excluding steroid dienone is 1. The SMILES string of the molecule is CC1=[C][CH]ON1c1ocnc1C(=O)O. The smallest absolute Gasteiger partial charge is 0.360 e. The molecule has 14 heavy (non-hydrogen) atoms. The molecule has 0 atom stereocenters. The molecule has 0 aliphatic carbocycles. The van der Waals surface area contributed by atoms with Gasteiger partial charge in [-0.15, -0.1) is 0 Å². The molecule has 1 aromatic rings. The normalized spacial score (nSPS) is 15.8. The first kappa shape index (κ1) is 8.76. The van der Waals surface area contributed by atoms with E-state index in [2.05, 4.69) is 11.1 Å². The predicted molar refractivity (Wildman–Crippen MR) is 43.8 cm³/mol.